The number of para-hydroxylation sites is 1. The molecule has 3 aromatic rings. The van der Waals surface area contributed by atoms with Gasteiger partial charge in [-0.3, -0.25) is 14.2 Å². The van der Waals surface area contributed by atoms with E-state index in [0.717, 1.165) is 5.56 Å². The number of hydrogen-bond acceptors (Lipinski definition) is 5. The molecule has 0 saturated carbocycles. The Morgan fingerprint density at radius 2 is 2.00 bits per heavy atom. The van der Waals surface area contributed by atoms with Crippen molar-refractivity contribution in [2.45, 2.75) is 12.1 Å². The van der Waals surface area contributed by atoms with Crippen molar-refractivity contribution in [3.8, 4) is 11.4 Å². The third-order valence-corrected chi connectivity index (χ3v) is 5.60. The van der Waals surface area contributed by atoms with Crippen molar-refractivity contribution in [1.29, 1.82) is 0 Å². The number of ether oxygens (including phenoxy) is 1. The van der Waals surface area contributed by atoms with E-state index in [-0.39, 0.29) is 17.2 Å². The van der Waals surface area contributed by atoms with Gasteiger partial charge in [0.2, 0.25) is 5.91 Å². The molecule has 0 aliphatic carbocycles. The van der Waals surface area contributed by atoms with E-state index < -0.39 is 0 Å². The quantitative estimate of drug-likeness (QED) is 0.469. The summed E-state index contributed by atoms with van der Waals surface area (Å²) >= 11 is 7.43. The molecule has 0 N–H and O–H groups in total. The zero-order chi connectivity index (χ0) is 20.4. The molecule has 0 radical (unpaired) electrons. The summed E-state index contributed by atoms with van der Waals surface area (Å²) in [6.45, 7) is 1.85. The summed E-state index contributed by atoms with van der Waals surface area (Å²) in [6, 6.07) is 10.6. The van der Waals surface area contributed by atoms with Crippen molar-refractivity contribution < 1.29 is 9.53 Å². The van der Waals surface area contributed by atoms with Crippen LogP contribution in [-0.4, -0.2) is 47.3 Å². The van der Waals surface area contributed by atoms with Crippen molar-refractivity contribution in [2.24, 2.45) is 0 Å². The van der Waals surface area contributed by atoms with Gasteiger partial charge in [-0.05, 0) is 30.7 Å². The molecule has 0 bridgehead atoms. The van der Waals surface area contributed by atoms with Gasteiger partial charge in [-0.2, -0.15) is 0 Å². The zero-order valence-corrected chi connectivity index (χ0v) is 17.6. The van der Waals surface area contributed by atoms with E-state index in [2.05, 4.69) is 4.98 Å². The minimum atomic E-state index is -0.231. The monoisotopic (exact) mass is 417 g/mol. The lowest BCUT2D eigenvalue weighted by atomic mass is 10.2. The number of amides is 1. The van der Waals surface area contributed by atoms with Crippen LogP contribution in [0.2, 0.25) is 5.02 Å². The molecule has 8 heteroatoms. The lowest BCUT2D eigenvalue weighted by Gasteiger charge is -2.17. The summed E-state index contributed by atoms with van der Waals surface area (Å²) in [5.74, 6) is 0.543. The highest BCUT2D eigenvalue weighted by atomic mass is 35.5. The van der Waals surface area contributed by atoms with Gasteiger partial charge >= 0.3 is 0 Å². The molecule has 3 rings (SSSR count). The number of hydrogen-bond donors (Lipinski definition) is 0. The second-order valence-corrected chi connectivity index (χ2v) is 7.75. The Hall–Kier alpha value is -2.51. The van der Waals surface area contributed by atoms with E-state index in [9.17, 15) is 9.59 Å². The maximum absolute atomic E-state index is 13.3. The number of methoxy groups -OCH3 is 1. The van der Waals surface area contributed by atoms with Gasteiger partial charge in [0.15, 0.2) is 5.16 Å². The van der Waals surface area contributed by atoms with Gasteiger partial charge in [0.25, 0.3) is 5.56 Å². The summed E-state index contributed by atoms with van der Waals surface area (Å²) in [6.07, 6.45) is 0. The molecular formula is C20H20ClN3O3S. The average molecular weight is 418 g/mol. The van der Waals surface area contributed by atoms with Crippen LogP contribution in [0.15, 0.2) is 46.3 Å². The van der Waals surface area contributed by atoms with Crippen molar-refractivity contribution in [3.63, 3.8) is 0 Å². The molecule has 1 amide bonds. The molecule has 2 aromatic carbocycles. The van der Waals surface area contributed by atoms with E-state index in [4.69, 9.17) is 16.3 Å². The van der Waals surface area contributed by atoms with Gasteiger partial charge in [0, 0.05) is 25.2 Å². The van der Waals surface area contributed by atoms with Crippen LogP contribution >= 0.6 is 23.4 Å². The molecule has 28 heavy (non-hydrogen) atoms. The Morgan fingerprint density at radius 1 is 1.29 bits per heavy atom. The van der Waals surface area contributed by atoms with Crippen LogP contribution in [0.4, 0.5) is 0 Å². The molecule has 146 valence electrons. The number of benzene rings is 2. The molecule has 0 aliphatic rings. The molecule has 0 saturated heterocycles. The van der Waals surface area contributed by atoms with Gasteiger partial charge < -0.3 is 9.64 Å². The third-order valence-electron chi connectivity index (χ3n) is 4.27. The molecule has 0 aliphatic heterocycles. The van der Waals surface area contributed by atoms with Crippen LogP contribution in [0.25, 0.3) is 16.6 Å². The highest BCUT2D eigenvalue weighted by molar-refractivity contribution is 7.99. The SMILES string of the molecule is COc1cc(Cl)c(C)cc1-n1c(SCC(=O)N(C)C)nc2ccccc2c1=O. The summed E-state index contributed by atoms with van der Waals surface area (Å²) in [4.78, 5) is 31.5. The van der Waals surface area contributed by atoms with Gasteiger partial charge in [-0.1, -0.05) is 35.5 Å². The van der Waals surface area contributed by atoms with E-state index >= 15 is 0 Å². The smallest absolute Gasteiger partial charge is 0.266 e. The number of nitrogens with zero attached hydrogens (tertiary/aromatic N) is 3. The highest BCUT2D eigenvalue weighted by Crippen LogP contribution is 2.32. The van der Waals surface area contributed by atoms with Crippen molar-refractivity contribution >= 4 is 40.2 Å². The average Bonchev–Trinajstić information content (AvgIpc) is 2.68. The predicted octanol–water partition coefficient (Wildman–Crippen LogP) is 3.54. The first kappa shape index (κ1) is 20.2. The minimum Gasteiger partial charge on any atom is -0.495 e. The molecule has 0 spiro atoms. The molecule has 0 unspecified atom stereocenters. The number of rotatable bonds is 5. The summed E-state index contributed by atoms with van der Waals surface area (Å²) in [7, 11) is 4.90. The molecule has 6 nitrogen and oxygen atoms in total. The lowest BCUT2D eigenvalue weighted by molar-refractivity contribution is -0.125. The summed E-state index contributed by atoms with van der Waals surface area (Å²) < 4.78 is 6.95. The zero-order valence-electron chi connectivity index (χ0n) is 16.0. The topological polar surface area (TPSA) is 64.4 Å². The summed E-state index contributed by atoms with van der Waals surface area (Å²) in [5.41, 5.74) is 1.68. The van der Waals surface area contributed by atoms with Crippen LogP contribution < -0.4 is 10.3 Å². The van der Waals surface area contributed by atoms with Crippen LogP contribution in [0.3, 0.4) is 0 Å². The first-order valence-electron chi connectivity index (χ1n) is 8.52. The molecule has 1 aromatic heterocycles. The van der Waals surface area contributed by atoms with Crippen LogP contribution in [0.1, 0.15) is 5.56 Å². The standard InChI is InChI=1S/C20H20ClN3O3S/c1-12-9-16(17(27-4)10-14(12)21)24-19(26)13-7-5-6-8-15(13)22-20(24)28-11-18(25)23(2)3/h5-10H,11H2,1-4H3. The first-order valence-corrected chi connectivity index (χ1v) is 9.89. The number of thioether (sulfide) groups is 1. The molecular weight excluding hydrogens is 398 g/mol. The number of aryl methyl sites for hydroxylation is 1. The van der Waals surface area contributed by atoms with Crippen LogP contribution in [-0.2, 0) is 4.79 Å². The molecule has 0 fully saturated rings. The number of aromatic nitrogens is 2. The Bertz CT molecular complexity index is 1110. The second kappa shape index (κ2) is 8.24. The van der Waals surface area contributed by atoms with Crippen LogP contribution in [0.5, 0.6) is 5.75 Å². The van der Waals surface area contributed by atoms with E-state index in [1.165, 1.54) is 28.3 Å². The Balaban J connectivity index is 2.27. The van der Waals surface area contributed by atoms with Gasteiger partial charge in [-0.25, -0.2) is 4.98 Å². The third kappa shape index (κ3) is 3.86. The van der Waals surface area contributed by atoms with Crippen LogP contribution in [0, 0.1) is 6.92 Å². The fraction of sp³-hybridized carbons (Fsp3) is 0.250. The lowest BCUT2D eigenvalue weighted by Crippen LogP contribution is -2.26. The largest absolute Gasteiger partial charge is 0.495 e. The number of carbonyl (C=O) groups is 1. The van der Waals surface area contributed by atoms with Crippen molar-refractivity contribution in [3.05, 3.63) is 57.3 Å². The minimum absolute atomic E-state index is 0.0711. The second-order valence-electron chi connectivity index (χ2n) is 6.40. The maximum atomic E-state index is 13.3. The van der Waals surface area contributed by atoms with Gasteiger partial charge in [-0.15, -0.1) is 0 Å². The molecule has 0 atom stereocenters. The number of halogens is 1. The van der Waals surface area contributed by atoms with Crippen molar-refractivity contribution in [1.82, 2.24) is 14.5 Å². The first-order chi connectivity index (χ1) is 13.3. The number of carbonyl (C=O) groups excluding carboxylic acids is 1. The fourth-order valence-corrected chi connectivity index (χ4v) is 3.80. The summed E-state index contributed by atoms with van der Waals surface area (Å²) in [5, 5.41) is 1.44. The van der Waals surface area contributed by atoms with E-state index in [0.29, 0.717) is 32.5 Å². The predicted molar refractivity (Wildman–Crippen MR) is 113 cm³/mol. The Labute approximate surface area is 172 Å². The maximum Gasteiger partial charge on any atom is 0.266 e. The fourth-order valence-electron chi connectivity index (χ4n) is 2.66. The number of fused-ring (bicyclic) bond motifs is 1. The van der Waals surface area contributed by atoms with Crippen molar-refractivity contribution in [2.75, 3.05) is 27.0 Å². The van der Waals surface area contributed by atoms with E-state index in [1.807, 2.05) is 13.0 Å². The molecule has 1 heterocycles. The van der Waals surface area contributed by atoms with Gasteiger partial charge in [0.05, 0.1) is 29.5 Å². The highest BCUT2D eigenvalue weighted by Gasteiger charge is 2.19. The normalized spacial score (nSPS) is 10.9. The Kier molecular flexibility index (Phi) is 5.96. The Morgan fingerprint density at radius 3 is 2.68 bits per heavy atom. The van der Waals surface area contributed by atoms with E-state index in [1.54, 1.807) is 44.4 Å². The van der Waals surface area contributed by atoms with Gasteiger partial charge in [0.1, 0.15) is 5.75 Å².